The molecule has 0 amide bonds. The molecule has 11 rings (SSSR count). The van der Waals surface area contributed by atoms with Crippen LogP contribution in [0.2, 0.25) is 0 Å². The summed E-state index contributed by atoms with van der Waals surface area (Å²) in [5.41, 5.74) is 17.1. The van der Waals surface area contributed by atoms with E-state index in [2.05, 4.69) is 207 Å². The van der Waals surface area contributed by atoms with Gasteiger partial charge in [-0.1, -0.05) is 159 Å². The first-order valence-electron chi connectivity index (χ1n) is 18.9. The van der Waals surface area contributed by atoms with Crippen LogP contribution >= 0.6 is 0 Å². The van der Waals surface area contributed by atoms with Gasteiger partial charge < -0.3 is 9.32 Å². The van der Waals surface area contributed by atoms with Crippen molar-refractivity contribution < 1.29 is 4.42 Å². The average molecular weight is 692 g/mol. The van der Waals surface area contributed by atoms with E-state index in [9.17, 15) is 0 Å². The van der Waals surface area contributed by atoms with Crippen molar-refractivity contribution in [2.24, 2.45) is 0 Å². The van der Waals surface area contributed by atoms with E-state index in [0.29, 0.717) is 0 Å². The molecule has 1 aromatic heterocycles. The molecule has 0 aliphatic heterocycles. The molecule has 9 aromatic rings. The fourth-order valence-corrected chi connectivity index (χ4v) is 9.75. The fourth-order valence-electron chi connectivity index (χ4n) is 9.75. The van der Waals surface area contributed by atoms with Gasteiger partial charge in [0.25, 0.3) is 0 Å². The Balaban J connectivity index is 1.26. The van der Waals surface area contributed by atoms with E-state index in [0.717, 1.165) is 44.6 Å². The molecule has 2 nitrogen and oxygen atoms in total. The lowest BCUT2D eigenvalue weighted by molar-refractivity contribution is 0.648. The van der Waals surface area contributed by atoms with Gasteiger partial charge in [-0.2, -0.15) is 0 Å². The second-order valence-electron chi connectivity index (χ2n) is 15.2. The number of fused-ring (bicyclic) bond motifs is 9. The first kappa shape index (κ1) is 30.9. The Morgan fingerprint density at radius 1 is 0.389 bits per heavy atom. The lowest BCUT2D eigenvalue weighted by Crippen LogP contribution is -2.29. The number of anilines is 3. The Labute approximate surface area is 315 Å². The summed E-state index contributed by atoms with van der Waals surface area (Å²) in [5, 5.41) is 2.21. The van der Waals surface area contributed by atoms with Crippen LogP contribution in [0.1, 0.15) is 47.2 Å². The molecule has 0 fully saturated rings. The Morgan fingerprint density at radius 3 is 1.63 bits per heavy atom. The van der Waals surface area contributed by atoms with Crippen LogP contribution in [0.3, 0.4) is 0 Å². The molecule has 0 saturated carbocycles. The van der Waals surface area contributed by atoms with Crippen molar-refractivity contribution in [3.05, 3.63) is 221 Å². The second kappa shape index (κ2) is 11.4. The number of furan rings is 1. The smallest absolute Gasteiger partial charge is 0.140 e. The molecule has 256 valence electrons. The van der Waals surface area contributed by atoms with Crippen LogP contribution in [0.5, 0.6) is 0 Å². The van der Waals surface area contributed by atoms with Crippen LogP contribution in [-0.4, -0.2) is 0 Å². The number of nitrogens with zero attached hydrogens (tertiary/aromatic N) is 1. The van der Waals surface area contributed by atoms with Crippen molar-refractivity contribution in [2.45, 2.75) is 24.7 Å². The minimum absolute atomic E-state index is 0.130. The highest BCUT2D eigenvalue weighted by Crippen LogP contribution is 2.59. The summed E-state index contributed by atoms with van der Waals surface area (Å²) in [4.78, 5) is 2.44. The third-order valence-electron chi connectivity index (χ3n) is 12.1. The van der Waals surface area contributed by atoms with Gasteiger partial charge in [-0.25, -0.2) is 0 Å². The second-order valence-corrected chi connectivity index (χ2v) is 15.2. The number of hydrogen-bond donors (Lipinski definition) is 0. The molecule has 0 spiro atoms. The van der Waals surface area contributed by atoms with Gasteiger partial charge in [-0.05, 0) is 92.5 Å². The minimum Gasteiger partial charge on any atom is -0.456 e. The third-order valence-corrected chi connectivity index (χ3v) is 12.1. The van der Waals surface area contributed by atoms with Gasteiger partial charge in [0.1, 0.15) is 11.2 Å². The summed E-state index contributed by atoms with van der Waals surface area (Å²) in [6.07, 6.45) is 0. The van der Waals surface area contributed by atoms with Crippen LogP contribution < -0.4 is 4.90 Å². The standard InChI is InChI=1S/C52H37NO/c1-51(2)44-25-13-9-21-38(44)41-30-29-36(32-47(41)51)53(35-19-7-4-8-20-35)37-31-43-42-24-12-16-28-49(42)54-50(43)48(33-37)52(34-17-5-3-6-18-34)45-26-14-10-22-39(45)40-23-11-15-27-46(40)52/h3-33H,1-2H3. The van der Waals surface area contributed by atoms with E-state index in [4.69, 9.17) is 4.42 Å². The highest BCUT2D eigenvalue weighted by atomic mass is 16.3. The Kier molecular flexibility index (Phi) is 6.55. The maximum Gasteiger partial charge on any atom is 0.140 e. The first-order valence-corrected chi connectivity index (χ1v) is 18.9. The summed E-state index contributed by atoms with van der Waals surface area (Å²) < 4.78 is 7.02. The predicted molar refractivity (Wildman–Crippen MR) is 223 cm³/mol. The highest BCUT2D eigenvalue weighted by molar-refractivity contribution is 6.09. The number of para-hydroxylation sites is 2. The van der Waals surface area contributed by atoms with Gasteiger partial charge in [0.05, 0.1) is 5.41 Å². The van der Waals surface area contributed by atoms with E-state index in [-0.39, 0.29) is 5.41 Å². The van der Waals surface area contributed by atoms with Crippen molar-refractivity contribution in [3.63, 3.8) is 0 Å². The van der Waals surface area contributed by atoms with Crippen molar-refractivity contribution in [1.82, 2.24) is 0 Å². The topological polar surface area (TPSA) is 16.4 Å². The third kappa shape index (κ3) is 4.17. The van der Waals surface area contributed by atoms with Crippen molar-refractivity contribution in [1.29, 1.82) is 0 Å². The first-order chi connectivity index (χ1) is 26.5. The van der Waals surface area contributed by atoms with Crippen LogP contribution in [0.4, 0.5) is 17.1 Å². The maximum atomic E-state index is 7.02. The molecule has 0 unspecified atom stereocenters. The van der Waals surface area contributed by atoms with E-state index in [1.165, 1.54) is 50.1 Å². The molecule has 0 bridgehead atoms. The van der Waals surface area contributed by atoms with Gasteiger partial charge >= 0.3 is 0 Å². The number of benzene rings is 8. The normalized spacial score (nSPS) is 14.4. The summed E-state index contributed by atoms with van der Waals surface area (Å²) in [6.45, 7) is 4.71. The molecule has 1 heterocycles. The molecule has 0 saturated heterocycles. The van der Waals surface area contributed by atoms with Crippen LogP contribution in [0.15, 0.2) is 192 Å². The van der Waals surface area contributed by atoms with Gasteiger partial charge in [-0.15, -0.1) is 0 Å². The summed E-state index contributed by atoms with van der Waals surface area (Å²) in [7, 11) is 0. The fraction of sp³-hybridized carbons (Fsp3) is 0.0769. The molecular formula is C52H37NO. The zero-order chi connectivity index (χ0) is 36.0. The van der Waals surface area contributed by atoms with Gasteiger partial charge in [-0.3, -0.25) is 0 Å². The van der Waals surface area contributed by atoms with E-state index >= 15 is 0 Å². The SMILES string of the molecule is CC1(C)c2ccccc2-c2ccc(N(c3ccccc3)c3cc(C4(c5ccccc5)c5ccccc5-c5ccccc54)c4oc5ccccc5c4c3)cc21. The summed E-state index contributed by atoms with van der Waals surface area (Å²) in [5.74, 6) is 0. The highest BCUT2D eigenvalue weighted by Gasteiger charge is 2.48. The number of hydrogen-bond acceptors (Lipinski definition) is 2. The number of rotatable bonds is 5. The van der Waals surface area contributed by atoms with E-state index < -0.39 is 5.41 Å². The predicted octanol–water partition coefficient (Wildman–Crippen LogP) is 13.7. The zero-order valence-corrected chi connectivity index (χ0v) is 30.3. The molecular weight excluding hydrogens is 655 g/mol. The van der Waals surface area contributed by atoms with E-state index in [1.54, 1.807) is 0 Å². The van der Waals surface area contributed by atoms with Crippen molar-refractivity contribution in [3.8, 4) is 22.3 Å². The average Bonchev–Trinajstić information content (AvgIpc) is 3.83. The van der Waals surface area contributed by atoms with Gasteiger partial charge in [0.15, 0.2) is 0 Å². The molecule has 0 radical (unpaired) electrons. The minimum atomic E-state index is -0.638. The van der Waals surface area contributed by atoms with Gasteiger partial charge in [0, 0.05) is 38.8 Å². The lowest BCUT2D eigenvalue weighted by Gasteiger charge is -2.35. The molecule has 0 N–H and O–H groups in total. The Bertz CT molecular complexity index is 2870. The Hall–Kier alpha value is -6.64. The largest absolute Gasteiger partial charge is 0.456 e. The van der Waals surface area contributed by atoms with Gasteiger partial charge in [0.2, 0.25) is 0 Å². The maximum absolute atomic E-state index is 7.02. The Morgan fingerprint density at radius 2 is 0.926 bits per heavy atom. The monoisotopic (exact) mass is 691 g/mol. The lowest BCUT2D eigenvalue weighted by atomic mass is 9.67. The molecule has 0 atom stereocenters. The van der Waals surface area contributed by atoms with E-state index in [1.807, 2.05) is 0 Å². The van der Waals surface area contributed by atoms with Crippen LogP contribution in [0.25, 0.3) is 44.2 Å². The zero-order valence-electron chi connectivity index (χ0n) is 30.3. The molecule has 2 aliphatic rings. The summed E-state index contributed by atoms with van der Waals surface area (Å²) in [6, 6.07) is 68.9. The molecule has 54 heavy (non-hydrogen) atoms. The van der Waals surface area contributed by atoms with Crippen LogP contribution in [0, 0.1) is 0 Å². The van der Waals surface area contributed by atoms with Crippen LogP contribution in [-0.2, 0) is 10.8 Å². The molecule has 2 heteroatoms. The summed E-state index contributed by atoms with van der Waals surface area (Å²) >= 11 is 0. The quantitative estimate of drug-likeness (QED) is 0.179. The molecule has 8 aromatic carbocycles. The van der Waals surface area contributed by atoms with Crippen molar-refractivity contribution >= 4 is 39.0 Å². The van der Waals surface area contributed by atoms with Crippen molar-refractivity contribution in [2.75, 3.05) is 4.90 Å². The molecule has 2 aliphatic carbocycles.